The lowest BCUT2D eigenvalue weighted by Gasteiger charge is -2.15. The highest BCUT2D eigenvalue weighted by Crippen LogP contribution is 2.24. The molecule has 1 heterocycles. The fourth-order valence-electron chi connectivity index (χ4n) is 2.13. The molecule has 1 aromatic carbocycles. The highest BCUT2D eigenvalue weighted by Gasteiger charge is 2.25. The zero-order valence-corrected chi connectivity index (χ0v) is 10.4. The van der Waals surface area contributed by atoms with Gasteiger partial charge in [-0.1, -0.05) is 12.1 Å². The van der Waals surface area contributed by atoms with Gasteiger partial charge in [-0.25, -0.2) is 0 Å². The van der Waals surface area contributed by atoms with Crippen LogP contribution in [0.25, 0.3) is 0 Å². The molecule has 0 amide bonds. The molecule has 1 aliphatic heterocycles. The van der Waals surface area contributed by atoms with E-state index in [1.807, 2.05) is 38.1 Å². The Bertz CT molecular complexity index is 395. The Hall–Kier alpha value is -1.35. The maximum absolute atomic E-state index is 12.3. The number of carbonyl (C=O) groups is 1. The number of Topliss-reactive ketones (excluding diaryl/α,β-unsaturated/α-hetero) is 1. The number of hydrogen-bond donors (Lipinski definition) is 1. The molecule has 17 heavy (non-hydrogen) atoms. The van der Waals surface area contributed by atoms with Gasteiger partial charge in [0.25, 0.3) is 0 Å². The SMILES string of the molecule is CC(C)Oc1ccccc1C(=O)C1CCNC1. The summed E-state index contributed by atoms with van der Waals surface area (Å²) in [6.07, 6.45) is 1.01. The molecule has 1 saturated heterocycles. The topological polar surface area (TPSA) is 38.3 Å². The van der Waals surface area contributed by atoms with Crippen LogP contribution in [-0.2, 0) is 0 Å². The second-order valence-electron chi connectivity index (χ2n) is 4.72. The fraction of sp³-hybridized carbons (Fsp3) is 0.500. The van der Waals surface area contributed by atoms with Crippen molar-refractivity contribution >= 4 is 5.78 Å². The van der Waals surface area contributed by atoms with Crippen molar-refractivity contribution in [2.45, 2.75) is 26.4 Å². The average Bonchev–Trinajstić information content (AvgIpc) is 2.81. The molecule has 1 fully saturated rings. The van der Waals surface area contributed by atoms with Crippen LogP contribution in [-0.4, -0.2) is 25.0 Å². The van der Waals surface area contributed by atoms with Crippen molar-refractivity contribution in [2.75, 3.05) is 13.1 Å². The second-order valence-corrected chi connectivity index (χ2v) is 4.72. The Labute approximate surface area is 102 Å². The summed E-state index contributed by atoms with van der Waals surface area (Å²) < 4.78 is 5.68. The maximum atomic E-state index is 12.3. The van der Waals surface area contributed by atoms with Crippen molar-refractivity contribution in [1.82, 2.24) is 5.32 Å². The fourth-order valence-corrected chi connectivity index (χ4v) is 2.13. The summed E-state index contributed by atoms with van der Waals surface area (Å²) in [5, 5.41) is 3.22. The van der Waals surface area contributed by atoms with Gasteiger partial charge in [-0.2, -0.15) is 0 Å². The summed E-state index contributed by atoms with van der Waals surface area (Å²) in [6.45, 7) is 5.66. The minimum absolute atomic E-state index is 0.0886. The molecule has 3 heteroatoms. The molecule has 92 valence electrons. The van der Waals surface area contributed by atoms with E-state index < -0.39 is 0 Å². The van der Waals surface area contributed by atoms with Crippen LogP contribution >= 0.6 is 0 Å². The van der Waals surface area contributed by atoms with E-state index in [-0.39, 0.29) is 17.8 Å². The third-order valence-corrected chi connectivity index (χ3v) is 2.95. The van der Waals surface area contributed by atoms with Gasteiger partial charge in [-0.05, 0) is 38.9 Å². The van der Waals surface area contributed by atoms with Gasteiger partial charge in [0, 0.05) is 12.5 Å². The number of carbonyl (C=O) groups excluding carboxylic acids is 1. The molecule has 1 N–H and O–H groups in total. The van der Waals surface area contributed by atoms with E-state index in [1.54, 1.807) is 0 Å². The highest BCUT2D eigenvalue weighted by molar-refractivity contribution is 6.00. The van der Waals surface area contributed by atoms with E-state index in [2.05, 4.69) is 5.32 Å². The molecule has 0 bridgehead atoms. The summed E-state index contributed by atoms with van der Waals surface area (Å²) in [7, 11) is 0. The van der Waals surface area contributed by atoms with Crippen molar-refractivity contribution in [2.24, 2.45) is 5.92 Å². The molecule has 2 rings (SSSR count). The molecule has 1 atom stereocenters. The van der Waals surface area contributed by atoms with Gasteiger partial charge in [0.2, 0.25) is 0 Å². The van der Waals surface area contributed by atoms with Crippen molar-refractivity contribution in [3.63, 3.8) is 0 Å². The predicted octanol–water partition coefficient (Wildman–Crippen LogP) is 2.27. The smallest absolute Gasteiger partial charge is 0.170 e. The first kappa shape index (κ1) is 12.1. The lowest BCUT2D eigenvalue weighted by molar-refractivity contribution is 0.0924. The van der Waals surface area contributed by atoms with Crippen LogP contribution in [0, 0.1) is 5.92 Å². The minimum atomic E-state index is 0.0886. The van der Waals surface area contributed by atoms with E-state index in [9.17, 15) is 4.79 Å². The predicted molar refractivity (Wildman–Crippen MR) is 67.5 cm³/mol. The maximum Gasteiger partial charge on any atom is 0.170 e. The molecule has 0 aliphatic carbocycles. The van der Waals surface area contributed by atoms with E-state index in [4.69, 9.17) is 4.74 Å². The van der Waals surface area contributed by atoms with E-state index in [1.165, 1.54) is 0 Å². The van der Waals surface area contributed by atoms with Crippen LogP contribution in [0.2, 0.25) is 0 Å². The first-order valence-corrected chi connectivity index (χ1v) is 6.19. The molecule has 0 saturated carbocycles. The van der Waals surface area contributed by atoms with Gasteiger partial charge in [-0.3, -0.25) is 4.79 Å². The highest BCUT2D eigenvalue weighted by atomic mass is 16.5. The van der Waals surface area contributed by atoms with Crippen LogP contribution in [0.1, 0.15) is 30.6 Å². The van der Waals surface area contributed by atoms with Crippen molar-refractivity contribution in [3.8, 4) is 5.75 Å². The first-order chi connectivity index (χ1) is 8.18. The van der Waals surface area contributed by atoms with Crippen LogP contribution in [0.15, 0.2) is 24.3 Å². The Balaban J connectivity index is 2.21. The molecule has 3 nitrogen and oxygen atoms in total. The lowest BCUT2D eigenvalue weighted by Crippen LogP contribution is -2.19. The molecule has 0 aromatic heterocycles. The number of ketones is 1. The Morgan fingerprint density at radius 3 is 2.82 bits per heavy atom. The van der Waals surface area contributed by atoms with Crippen LogP contribution in [0.5, 0.6) is 5.75 Å². The summed E-state index contributed by atoms with van der Waals surface area (Å²) in [4.78, 5) is 12.3. The Morgan fingerprint density at radius 1 is 1.41 bits per heavy atom. The Morgan fingerprint density at radius 2 is 2.18 bits per heavy atom. The van der Waals surface area contributed by atoms with Gasteiger partial charge in [0.1, 0.15) is 5.75 Å². The summed E-state index contributed by atoms with van der Waals surface area (Å²) in [5.41, 5.74) is 0.718. The molecule has 0 radical (unpaired) electrons. The number of rotatable bonds is 4. The number of nitrogens with one attached hydrogen (secondary N) is 1. The van der Waals surface area contributed by atoms with Gasteiger partial charge in [0.15, 0.2) is 5.78 Å². The van der Waals surface area contributed by atoms with E-state index in [0.29, 0.717) is 5.75 Å². The third kappa shape index (κ3) is 2.86. The standard InChI is InChI=1S/C14H19NO2/c1-10(2)17-13-6-4-3-5-12(13)14(16)11-7-8-15-9-11/h3-6,10-11,15H,7-9H2,1-2H3. The van der Waals surface area contributed by atoms with Gasteiger partial charge >= 0.3 is 0 Å². The minimum Gasteiger partial charge on any atom is -0.490 e. The van der Waals surface area contributed by atoms with Gasteiger partial charge < -0.3 is 10.1 Å². The first-order valence-electron chi connectivity index (χ1n) is 6.19. The number of ether oxygens (including phenoxy) is 1. The van der Waals surface area contributed by atoms with E-state index >= 15 is 0 Å². The van der Waals surface area contributed by atoms with Crippen molar-refractivity contribution in [1.29, 1.82) is 0 Å². The Kier molecular flexibility index (Phi) is 3.79. The van der Waals surface area contributed by atoms with Gasteiger partial charge in [0.05, 0.1) is 11.7 Å². The quantitative estimate of drug-likeness (QED) is 0.811. The lowest BCUT2D eigenvalue weighted by atomic mass is 9.96. The molecule has 1 unspecified atom stereocenters. The normalized spacial score (nSPS) is 19.6. The number of hydrogen-bond acceptors (Lipinski definition) is 3. The molecule has 1 aromatic rings. The zero-order chi connectivity index (χ0) is 12.3. The number of para-hydroxylation sites is 1. The van der Waals surface area contributed by atoms with Crippen LogP contribution in [0.3, 0.4) is 0 Å². The number of benzene rings is 1. The molecule has 0 spiro atoms. The van der Waals surface area contributed by atoms with E-state index in [0.717, 1.165) is 25.1 Å². The van der Waals surface area contributed by atoms with Crippen molar-refractivity contribution < 1.29 is 9.53 Å². The summed E-state index contributed by atoms with van der Waals surface area (Å²) in [5.74, 6) is 1.01. The van der Waals surface area contributed by atoms with Crippen molar-refractivity contribution in [3.05, 3.63) is 29.8 Å². The monoisotopic (exact) mass is 233 g/mol. The average molecular weight is 233 g/mol. The largest absolute Gasteiger partial charge is 0.490 e. The summed E-state index contributed by atoms with van der Waals surface area (Å²) in [6, 6.07) is 7.53. The summed E-state index contributed by atoms with van der Waals surface area (Å²) >= 11 is 0. The van der Waals surface area contributed by atoms with Gasteiger partial charge in [-0.15, -0.1) is 0 Å². The zero-order valence-electron chi connectivity index (χ0n) is 10.4. The molecular formula is C14H19NO2. The molecule has 1 aliphatic rings. The second kappa shape index (κ2) is 5.32. The van der Waals surface area contributed by atoms with Crippen LogP contribution in [0.4, 0.5) is 0 Å². The molecular weight excluding hydrogens is 214 g/mol. The third-order valence-electron chi connectivity index (χ3n) is 2.95. The van der Waals surface area contributed by atoms with Crippen LogP contribution < -0.4 is 10.1 Å².